The zero-order chi connectivity index (χ0) is 26.4. The SMILES string of the molecule is C[C@@H](CO)C(=O)N1CCN(C(=O)Nc2ccn(-c3ccc(CCN4CCC(N)CC4)cc3)c(=O)n2)CC1. The number of piperazine rings is 1. The van der Waals surface area contributed by atoms with Gasteiger partial charge in [0.15, 0.2) is 0 Å². The number of nitrogens with two attached hydrogens (primary N) is 1. The van der Waals surface area contributed by atoms with Crippen LogP contribution in [0.25, 0.3) is 5.69 Å². The van der Waals surface area contributed by atoms with Crippen molar-refractivity contribution in [3.05, 3.63) is 52.6 Å². The van der Waals surface area contributed by atoms with E-state index < -0.39 is 11.6 Å². The molecule has 4 rings (SSSR count). The maximum atomic E-state index is 12.7. The summed E-state index contributed by atoms with van der Waals surface area (Å²) in [5.41, 5.74) is 7.41. The number of rotatable bonds is 7. The fourth-order valence-corrected chi connectivity index (χ4v) is 4.66. The molecule has 3 amide bonds. The number of urea groups is 1. The Hall–Kier alpha value is -3.28. The summed E-state index contributed by atoms with van der Waals surface area (Å²) >= 11 is 0. The molecule has 1 atom stereocenters. The van der Waals surface area contributed by atoms with Crippen LogP contribution in [0.2, 0.25) is 0 Å². The Labute approximate surface area is 216 Å². The van der Waals surface area contributed by atoms with E-state index in [1.807, 2.05) is 24.3 Å². The molecular formula is C26H37N7O4. The maximum absolute atomic E-state index is 12.7. The number of hydrogen-bond acceptors (Lipinski definition) is 7. The van der Waals surface area contributed by atoms with Crippen molar-refractivity contribution in [1.82, 2.24) is 24.3 Å². The first-order valence-electron chi connectivity index (χ1n) is 13.0. The van der Waals surface area contributed by atoms with Gasteiger partial charge >= 0.3 is 11.7 Å². The van der Waals surface area contributed by atoms with Crippen molar-refractivity contribution in [1.29, 1.82) is 0 Å². The first kappa shape index (κ1) is 26.8. The maximum Gasteiger partial charge on any atom is 0.354 e. The number of benzene rings is 1. The average molecular weight is 512 g/mol. The van der Waals surface area contributed by atoms with Gasteiger partial charge in [-0.25, -0.2) is 9.59 Å². The van der Waals surface area contributed by atoms with Crippen molar-refractivity contribution in [3.63, 3.8) is 0 Å². The number of aliphatic hydroxyl groups excluding tert-OH is 1. The summed E-state index contributed by atoms with van der Waals surface area (Å²) in [6, 6.07) is 9.42. The van der Waals surface area contributed by atoms with Gasteiger partial charge in [-0.1, -0.05) is 19.1 Å². The molecule has 2 aliphatic heterocycles. The third-order valence-electron chi connectivity index (χ3n) is 7.18. The van der Waals surface area contributed by atoms with Gasteiger partial charge in [-0.05, 0) is 56.1 Å². The zero-order valence-electron chi connectivity index (χ0n) is 21.4. The molecule has 1 aromatic carbocycles. The summed E-state index contributed by atoms with van der Waals surface area (Å²) in [7, 11) is 0. The lowest BCUT2D eigenvalue weighted by Crippen LogP contribution is -2.53. The summed E-state index contributed by atoms with van der Waals surface area (Å²) in [5.74, 6) is -0.392. The Bertz CT molecular complexity index is 1120. The minimum Gasteiger partial charge on any atom is -0.396 e. The van der Waals surface area contributed by atoms with Crippen LogP contribution in [0, 0.1) is 5.92 Å². The molecular weight excluding hydrogens is 474 g/mol. The molecule has 11 nitrogen and oxygen atoms in total. The molecule has 0 aliphatic carbocycles. The van der Waals surface area contributed by atoms with Gasteiger partial charge in [0.05, 0.1) is 18.2 Å². The largest absolute Gasteiger partial charge is 0.396 e. The van der Waals surface area contributed by atoms with E-state index in [-0.39, 0.29) is 24.4 Å². The van der Waals surface area contributed by atoms with Gasteiger partial charge in [0, 0.05) is 45.0 Å². The van der Waals surface area contributed by atoms with Crippen LogP contribution in [0.1, 0.15) is 25.3 Å². The molecule has 200 valence electrons. The van der Waals surface area contributed by atoms with Crippen LogP contribution in [-0.4, -0.2) is 99.8 Å². The van der Waals surface area contributed by atoms with Crippen molar-refractivity contribution in [2.24, 2.45) is 11.7 Å². The predicted molar refractivity (Wildman–Crippen MR) is 141 cm³/mol. The predicted octanol–water partition coefficient (Wildman–Crippen LogP) is 0.503. The highest BCUT2D eigenvalue weighted by atomic mass is 16.3. The Morgan fingerprint density at radius 3 is 2.32 bits per heavy atom. The number of nitrogens with one attached hydrogen (secondary N) is 1. The summed E-state index contributed by atoms with van der Waals surface area (Å²) in [4.78, 5) is 47.2. The van der Waals surface area contributed by atoms with E-state index in [0.29, 0.717) is 37.9 Å². The number of aromatic nitrogens is 2. The summed E-state index contributed by atoms with van der Waals surface area (Å²) in [5, 5.41) is 11.9. The number of hydrogen-bond donors (Lipinski definition) is 3. The van der Waals surface area contributed by atoms with E-state index >= 15 is 0 Å². The molecule has 0 radical (unpaired) electrons. The van der Waals surface area contributed by atoms with Gasteiger partial charge in [0.1, 0.15) is 5.82 Å². The van der Waals surface area contributed by atoms with Crippen LogP contribution in [0.5, 0.6) is 0 Å². The minimum atomic E-state index is -0.483. The molecule has 1 aromatic heterocycles. The lowest BCUT2D eigenvalue weighted by atomic mass is 10.1. The third kappa shape index (κ3) is 6.94. The standard InChI is InChI=1S/C26H37N7O4/c1-19(18-34)24(35)31-14-16-32(17-15-31)25(36)28-23-9-13-33(26(37)29-23)22-4-2-20(3-5-22)6-10-30-11-7-21(27)8-12-30/h2-5,9,13,19,21,34H,6-8,10-12,14-18,27H2,1H3,(H,28,29,36,37)/t19-/m0/s1. The number of aliphatic hydroxyl groups is 1. The monoisotopic (exact) mass is 511 g/mol. The molecule has 11 heteroatoms. The number of likely N-dealkylation sites (tertiary alicyclic amines) is 1. The number of anilines is 1. The number of nitrogens with zero attached hydrogens (tertiary/aromatic N) is 5. The highest BCUT2D eigenvalue weighted by Crippen LogP contribution is 2.13. The number of carbonyl (C=O) groups excluding carboxylic acids is 2. The summed E-state index contributed by atoms with van der Waals surface area (Å²) < 4.78 is 1.44. The average Bonchev–Trinajstić information content (AvgIpc) is 2.92. The third-order valence-corrected chi connectivity index (χ3v) is 7.18. The molecule has 2 aromatic rings. The van der Waals surface area contributed by atoms with Gasteiger partial charge in [-0.2, -0.15) is 4.98 Å². The van der Waals surface area contributed by atoms with Crippen LogP contribution >= 0.6 is 0 Å². The number of amides is 3. The Kier molecular flexibility index (Phi) is 8.91. The second-order valence-electron chi connectivity index (χ2n) is 9.89. The van der Waals surface area contributed by atoms with Gasteiger partial charge in [0.25, 0.3) is 0 Å². The molecule has 2 aliphatic rings. The molecule has 37 heavy (non-hydrogen) atoms. The van der Waals surface area contributed by atoms with E-state index in [2.05, 4.69) is 15.2 Å². The fourth-order valence-electron chi connectivity index (χ4n) is 4.66. The second kappa shape index (κ2) is 12.3. The molecule has 2 saturated heterocycles. The quantitative estimate of drug-likeness (QED) is 0.492. The second-order valence-corrected chi connectivity index (χ2v) is 9.89. The first-order valence-corrected chi connectivity index (χ1v) is 13.0. The van der Waals surface area contributed by atoms with E-state index in [9.17, 15) is 19.5 Å². The van der Waals surface area contributed by atoms with Crippen LogP contribution in [0.15, 0.2) is 41.3 Å². The molecule has 0 unspecified atom stereocenters. The van der Waals surface area contributed by atoms with E-state index in [1.165, 1.54) is 10.1 Å². The van der Waals surface area contributed by atoms with Crippen LogP contribution in [0.3, 0.4) is 0 Å². The lowest BCUT2D eigenvalue weighted by Gasteiger charge is -2.35. The van der Waals surface area contributed by atoms with Crippen molar-refractivity contribution in [3.8, 4) is 5.69 Å². The summed E-state index contributed by atoms with van der Waals surface area (Å²) in [6.45, 7) is 6.09. The Morgan fingerprint density at radius 1 is 1.05 bits per heavy atom. The van der Waals surface area contributed by atoms with E-state index in [0.717, 1.165) is 38.9 Å². The smallest absolute Gasteiger partial charge is 0.354 e. The van der Waals surface area contributed by atoms with E-state index in [1.54, 1.807) is 29.0 Å². The molecule has 0 bridgehead atoms. The van der Waals surface area contributed by atoms with Crippen molar-refractivity contribution >= 4 is 17.8 Å². The molecule has 4 N–H and O–H groups in total. The van der Waals surface area contributed by atoms with Gasteiger partial charge in [-0.3, -0.25) is 14.7 Å². The van der Waals surface area contributed by atoms with Crippen LogP contribution in [0.4, 0.5) is 10.6 Å². The van der Waals surface area contributed by atoms with Crippen LogP contribution < -0.4 is 16.7 Å². The van der Waals surface area contributed by atoms with Crippen molar-refractivity contribution < 1.29 is 14.7 Å². The normalized spacial score (nSPS) is 18.0. The van der Waals surface area contributed by atoms with Gasteiger partial charge in [-0.15, -0.1) is 0 Å². The number of piperidine rings is 1. The van der Waals surface area contributed by atoms with Gasteiger partial charge < -0.3 is 25.5 Å². The fraction of sp³-hybridized carbons (Fsp3) is 0.538. The minimum absolute atomic E-state index is 0.118. The Balaban J connectivity index is 1.29. The summed E-state index contributed by atoms with van der Waals surface area (Å²) in [6.07, 6.45) is 4.64. The first-order chi connectivity index (χ1) is 17.8. The highest BCUT2D eigenvalue weighted by molar-refractivity contribution is 5.88. The highest BCUT2D eigenvalue weighted by Gasteiger charge is 2.26. The van der Waals surface area contributed by atoms with Crippen molar-refractivity contribution in [2.75, 3.05) is 57.7 Å². The molecule has 3 heterocycles. The molecule has 2 fully saturated rings. The van der Waals surface area contributed by atoms with E-state index in [4.69, 9.17) is 5.73 Å². The lowest BCUT2D eigenvalue weighted by molar-refractivity contribution is -0.137. The van der Waals surface area contributed by atoms with Crippen molar-refractivity contribution in [2.45, 2.75) is 32.2 Å². The molecule has 0 spiro atoms. The van der Waals surface area contributed by atoms with Gasteiger partial charge in [0.2, 0.25) is 5.91 Å². The topological polar surface area (TPSA) is 137 Å². The Morgan fingerprint density at radius 2 is 1.70 bits per heavy atom. The molecule has 0 saturated carbocycles. The zero-order valence-corrected chi connectivity index (χ0v) is 21.4. The van der Waals surface area contributed by atoms with Crippen LogP contribution in [-0.2, 0) is 11.2 Å². The number of carbonyl (C=O) groups is 2.